The first kappa shape index (κ1) is 27.5. The zero-order chi connectivity index (χ0) is 24.7. The molecule has 1 amide bonds. The van der Waals surface area contributed by atoms with Crippen molar-refractivity contribution in [3.05, 3.63) is 35.9 Å². The van der Waals surface area contributed by atoms with Crippen LogP contribution in [0.15, 0.2) is 30.3 Å². The maximum Gasteiger partial charge on any atom is 0.251 e. The van der Waals surface area contributed by atoms with Gasteiger partial charge in [-0.15, -0.1) is 0 Å². The van der Waals surface area contributed by atoms with E-state index in [9.17, 15) is 45.6 Å². The Labute approximate surface area is 190 Å². The molecule has 0 saturated carbocycles. The number of carbonyl (C=O) groups is 1. The highest BCUT2D eigenvalue weighted by atomic mass is 16.7. The summed E-state index contributed by atoms with van der Waals surface area (Å²) in [5.74, 6) is -0.974. The number of aliphatic hydroxyl groups excluding tert-OH is 8. The Morgan fingerprint density at radius 3 is 2.27 bits per heavy atom. The van der Waals surface area contributed by atoms with Gasteiger partial charge >= 0.3 is 0 Å². The van der Waals surface area contributed by atoms with E-state index in [1.165, 1.54) is 0 Å². The number of rotatable bonds is 11. The molecule has 9 N–H and O–H groups in total. The zero-order valence-corrected chi connectivity index (χ0v) is 18.1. The van der Waals surface area contributed by atoms with E-state index < -0.39 is 80.3 Å². The highest BCUT2D eigenvalue weighted by molar-refractivity contribution is 5.81. The fourth-order valence-corrected chi connectivity index (χ4v) is 3.52. The van der Waals surface area contributed by atoms with Gasteiger partial charge in [-0.05, 0) is 18.9 Å². The van der Waals surface area contributed by atoms with E-state index in [1.807, 2.05) is 30.3 Å². The molecule has 0 bridgehead atoms. The van der Waals surface area contributed by atoms with Crippen LogP contribution in [-0.4, -0.2) is 121 Å². The Morgan fingerprint density at radius 2 is 1.70 bits per heavy atom. The lowest BCUT2D eigenvalue weighted by molar-refractivity contribution is -0.326. The average molecular weight is 475 g/mol. The van der Waals surface area contributed by atoms with Crippen molar-refractivity contribution in [3.63, 3.8) is 0 Å². The third kappa shape index (κ3) is 7.13. The van der Waals surface area contributed by atoms with Crippen LogP contribution in [0.4, 0.5) is 0 Å². The summed E-state index contributed by atoms with van der Waals surface area (Å²) in [6, 6.07) is 8.80. The molecule has 1 aromatic carbocycles. The molecule has 1 aliphatic rings. The molecule has 0 aromatic heterocycles. The van der Waals surface area contributed by atoms with Gasteiger partial charge in [-0.1, -0.05) is 30.3 Å². The average Bonchev–Trinajstić information content (AvgIpc) is 2.81. The Hall–Kier alpha value is -1.71. The summed E-state index contributed by atoms with van der Waals surface area (Å²) in [5.41, 5.74) is 0.930. The highest BCUT2D eigenvalue weighted by Gasteiger charge is 2.47. The largest absolute Gasteiger partial charge is 0.394 e. The number of carbonyl (C=O) groups excluding carboxylic acids is 1. The van der Waals surface area contributed by atoms with E-state index in [2.05, 4.69) is 5.32 Å². The molecule has 33 heavy (non-hydrogen) atoms. The predicted molar refractivity (Wildman–Crippen MR) is 111 cm³/mol. The fraction of sp³-hybridized carbons (Fsp3) is 0.667. The SMILES string of the molecule is CC(Cc1ccccc1)NC(=O)C(O)C(O)C(OC1OC(CO)C(O)C(O)C1O)C(O)CO. The van der Waals surface area contributed by atoms with Gasteiger partial charge in [-0.2, -0.15) is 0 Å². The second-order valence-corrected chi connectivity index (χ2v) is 8.08. The monoisotopic (exact) mass is 475 g/mol. The molecule has 0 spiro atoms. The quantitative estimate of drug-likeness (QED) is 0.151. The molecular weight excluding hydrogens is 442 g/mol. The van der Waals surface area contributed by atoms with Crippen LogP contribution in [0.2, 0.25) is 0 Å². The van der Waals surface area contributed by atoms with Gasteiger partial charge in [0.25, 0.3) is 5.91 Å². The van der Waals surface area contributed by atoms with Gasteiger partial charge < -0.3 is 55.6 Å². The topological polar surface area (TPSA) is 209 Å². The number of hydrogen-bond acceptors (Lipinski definition) is 11. The van der Waals surface area contributed by atoms with Crippen molar-refractivity contribution in [2.24, 2.45) is 0 Å². The standard InChI is InChI=1S/C21H33NO11/c1-10(7-11-5-3-2-4-6-11)22-20(31)17(29)16(28)19(12(25)8-23)33-21-18(30)15(27)14(26)13(9-24)32-21/h2-6,10,12-19,21,23-30H,7-9H2,1H3,(H,22,31). The Balaban J connectivity index is 2.06. The van der Waals surface area contributed by atoms with Crippen LogP contribution in [0.1, 0.15) is 12.5 Å². The molecule has 2 rings (SSSR count). The second kappa shape index (κ2) is 12.7. The first-order valence-corrected chi connectivity index (χ1v) is 10.6. The van der Waals surface area contributed by atoms with Crippen molar-refractivity contribution < 1.29 is 55.1 Å². The van der Waals surface area contributed by atoms with Crippen LogP contribution in [0.3, 0.4) is 0 Å². The van der Waals surface area contributed by atoms with E-state index in [-0.39, 0.29) is 0 Å². The molecule has 0 aliphatic carbocycles. The minimum absolute atomic E-state index is 0.422. The molecule has 1 aliphatic heterocycles. The first-order chi connectivity index (χ1) is 15.6. The number of nitrogens with one attached hydrogen (secondary N) is 1. The number of aliphatic hydroxyl groups is 8. The molecule has 10 atom stereocenters. The van der Waals surface area contributed by atoms with Gasteiger partial charge in [0.15, 0.2) is 12.4 Å². The van der Waals surface area contributed by atoms with Gasteiger partial charge in [0.05, 0.1) is 13.2 Å². The summed E-state index contributed by atoms with van der Waals surface area (Å²) in [7, 11) is 0. The normalized spacial score (nSPS) is 30.2. The van der Waals surface area contributed by atoms with Gasteiger partial charge in [0.1, 0.15) is 42.7 Å². The molecule has 12 nitrogen and oxygen atoms in total. The Bertz CT molecular complexity index is 721. The van der Waals surface area contributed by atoms with Gasteiger partial charge in [0.2, 0.25) is 0 Å². The lowest BCUT2D eigenvalue weighted by Crippen LogP contribution is -2.62. The summed E-state index contributed by atoms with van der Waals surface area (Å²) in [5, 5.41) is 81.8. The van der Waals surface area contributed by atoms with Crippen molar-refractivity contribution >= 4 is 5.91 Å². The molecule has 188 valence electrons. The minimum atomic E-state index is -2.10. The van der Waals surface area contributed by atoms with Crippen LogP contribution in [-0.2, 0) is 20.7 Å². The smallest absolute Gasteiger partial charge is 0.251 e. The van der Waals surface area contributed by atoms with Crippen molar-refractivity contribution in [2.45, 2.75) is 74.5 Å². The summed E-state index contributed by atoms with van der Waals surface area (Å²) in [4.78, 5) is 12.4. The molecule has 1 aromatic rings. The van der Waals surface area contributed by atoms with Gasteiger partial charge in [-0.25, -0.2) is 0 Å². The zero-order valence-electron chi connectivity index (χ0n) is 18.1. The van der Waals surface area contributed by atoms with E-state index in [4.69, 9.17) is 9.47 Å². The maximum atomic E-state index is 12.4. The van der Waals surface area contributed by atoms with Gasteiger partial charge in [0, 0.05) is 6.04 Å². The third-order valence-corrected chi connectivity index (χ3v) is 5.41. The molecule has 1 heterocycles. The van der Waals surface area contributed by atoms with Crippen LogP contribution in [0.25, 0.3) is 0 Å². The van der Waals surface area contributed by atoms with Crippen molar-refractivity contribution in [1.82, 2.24) is 5.32 Å². The van der Waals surface area contributed by atoms with Crippen LogP contribution in [0.5, 0.6) is 0 Å². The molecular formula is C21H33NO11. The summed E-state index contributed by atoms with van der Waals surface area (Å²) < 4.78 is 10.4. The van der Waals surface area contributed by atoms with E-state index in [1.54, 1.807) is 6.92 Å². The van der Waals surface area contributed by atoms with Crippen LogP contribution in [0, 0.1) is 0 Å². The summed E-state index contributed by atoms with van der Waals surface area (Å²) in [6.45, 7) is -0.00266. The minimum Gasteiger partial charge on any atom is -0.394 e. The van der Waals surface area contributed by atoms with Crippen molar-refractivity contribution in [2.75, 3.05) is 13.2 Å². The number of amides is 1. The molecule has 10 unspecified atom stereocenters. The van der Waals surface area contributed by atoms with Crippen LogP contribution < -0.4 is 5.32 Å². The third-order valence-electron chi connectivity index (χ3n) is 5.41. The Kier molecular flexibility index (Phi) is 10.6. The van der Waals surface area contributed by atoms with E-state index in [0.29, 0.717) is 6.42 Å². The number of hydrogen-bond donors (Lipinski definition) is 9. The predicted octanol–water partition coefficient (Wildman–Crippen LogP) is -4.01. The molecule has 1 fully saturated rings. The first-order valence-electron chi connectivity index (χ1n) is 10.6. The Morgan fingerprint density at radius 1 is 1.06 bits per heavy atom. The lowest BCUT2D eigenvalue weighted by atomic mass is 9.98. The second-order valence-electron chi connectivity index (χ2n) is 8.08. The van der Waals surface area contributed by atoms with Crippen molar-refractivity contribution in [1.29, 1.82) is 0 Å². The summed E-state index contributed by atoms with van der Waals surface area (Å²) in [6.07, 6.45) is -15.8. The van der Waals surface area contributed by atoms with E-state index in [0.717, 1.165) is 5.56 Å². The number of ether oxygens (including phenoxy) is 2. The molecule has 1 saturated heterocycles. The van der Waals surface area contributed by atoms with Crippen molar-refractivity contribution in [3.8, 4) is 0 Å². The maximum absolute atomic E-state index is 12.4. The molecule has 0 radical (unpaired) electrons. The molecule has 12 heteroatoms. The van der Waals surface area contributed by atoms with Gasteiger partial charge in [-0.3, -0.25) is 4.79 Å². The summed E-state index contributed by atoms with van der Waals surface area (Å²) >= 11 is 0. The van der Waals surface area contributed by atoms with E-state index >= 15 is 0 Å². The highest BCUT2D eigenvalue weighted by Crippen LogP contribution is 2.25. The lowest BCUT2D eigenvalue weighted by Gasteiger charge is -2.42. The number of benzene rings is 1. The fourth-order valence-electron chi connectivity index (χ4n) is 3.52. The van der Waals surface area contributed by atoms with Crippen LogP contribution >= 0.6 is 0 Å².